The Labute approximate surface area is 234 Å². The van der Waals surface area contributed by atoms with Crippen LogP contribution in [0.2, 0.25) is 0 Å². The van der Waals surface area contributed by atoms with Crippen LogP contribution < -0.4 is 9.64 Å². The fourth-order valence-electron chi connectivity index (χ4n) is 4.96. The molecule has 1 amide bonds. The van der Waals surface area contributed by atoms with Gasteiger partial charge in [-0.1, -0.05) is 42.5 Å². The van der Waals surface area contributed by atoms with Gasteiger partial charge in [-0.2, -0.15) is 5.10 Å². The zero-order valence-corrected chi connectivity index (χ0v) is 23.2. The second-order valence-electron chi connectivity index (χ2n) is 9.77. The van der Waals surface area contributed by atoms with Gasteiger partial charge in [0.2, 0.25) is 5.91 Å². The average molecular weight is 539 g/mol. The van der Waals surface area contributed by atoms with Crippen molar-refractivity contribution < 1.29 is 19.1 Å². The predicted octanol–water partition coefficient (Wildman–Crippen LogP) is 4.92. The molecule has 0 bridgehead atoms. The molecule has 0 atom stereocenters. The van der Waals surface area contributed by atoms with E-state index in [4.69, 9.17) is 9.47 Å². The molecule has 8 heteroatoms. The fraction of sp³-hybridized carbons (Fsp3) is 0.281. The first-order valence-corrected chi connectivity index (χ1v) is 13.6. The van der Waals surface area contributed by atoms with Crippen molar-refractivity contribution in [2.45, 2.75) is 20.3 Å². The number of para-hydroxylation sites is 1. The molecule has 0 spiro atoms. The molecule has 40 heavy (non-hydrogen) atoms. The fourth-order valence-corrected chi connectivity index (χ4v) is 4.96. The van der Waals surface area contributed by atoms with Crippen LogP contribution in [-0.4, -0.2) is 66.5 Å². The summed E-state index contributed by atoms with van der Waals surface area (Å²) in [5, 5.41) is 4.60. The molecule has 206 valence electrons. The number of rotatable bonds is 8. The number of carbonyl (C=O) groups excluding carboxylic acids is 2. The maximum Gasteiger partial charge on any atom is 0.358 e. The lowest BCUT2D eigenvalue weighted by Crippen LogP contribution is -2.49. The highest BCUT2D eigenvalue weighted by atomic mass is 16.5. The number of nitrogens with zero attached hydrogens (tertiary/aromatic N) is 4. The molecule has 1 fully saturated rings. The zero-order chi connectivity index (χ0) is 28.1. The van der Waals surface area contributed by atoms with Crippen molar-refractivity contribution in [1.82, 2.24) is 14.7 Å². The number of methoxy groups -OCH3 is 1. The van der Waals surface area contributed by atoms with Gasteiger partial charge in [0.25, 0.3) is 0 Å². The van der Waals surface area contributed by atoms with Crippen molar-refractivity contribution in [3.05, 3.63) is 95.7 Å². The summed E-state index contributed by atoms with van der Waals surface area (Å²) in [4.78, 5) is 29.6. The number of hydrogen-bond donors (Lipinski definition) is 0. The van der Waals surface area contributed by atoms with Gasteiger partial charge >= 0.3 is 5.97 Å². The molecular formula is C32H34N4O4. The van der Waals surface area contributed by atoms with E-state index in [-0.39, 0.29) is 11.6 Å². The molecule has 2 heterocycles. The Morgan fingerprint density at radius 2 is 1.60 bits per heavy atom. The van der Waals surface area contributed by atoms with E-state index in [0.717, 1.165) is 52.6 Å². The molecule has 1 aliphatic rings. The van der Waals surface area contributed by atoms with Gasteiger partial charge in [-0.15, -0.1) is 0 Å². The summed E-state index contributed by atoms with van der Waals surface area (Å²) < 4.78 is 12.2. The second kappa shape index (κ2) is 12.1. The molecule has 0 N–H and O–H groups in total. The number of benzene rings is 3. The third-order valence-electron chi connectivity index (χ3n) is 7.21. The van der Waals surface area contributed by atoms with E-state index in [0.29, 0.717) is 26.1 Å². The molecule has 8 nitrogen and oxygen atoms in total. The van der Waals surface area contributed by atoms with E-state index in [2.05, 4.69) is 34.3 Å². The summed E-state index contributed by atoms with van der Waals surface area (Å²) >= 11 is 0. The van der Waals surface area contributed by atoms with E-state index < -0.39 is 5.97 Å². The SMILES string of the molecule is CCOC(=O)c1cc(-c2ccc(N3CCN(C(=O)Cc4ccc(OC)cc4)CC3)cc2)n(-c2ccccc2C)n1. The van der Waals surface area contributed by atoms with Gasteiger partial charge in [0, 0.05) is 37.4 Å². The molecule has 1 aliphatic heterocycles. The van der Waals surface area contributed by atoms with Crippen LogP contribution in [0, 0.1) is 6.92 Å². The van der Waals surface area contributed by atoms with Crippen molar-refractivity contribution in [2.24, 2.45) is 0 Å². The minimum absolute atomic E-state index is 0.141. The number of hydrogen-bond acceptors (Lipinski definition) is 6. The Balaban J connectivity index is 1.28. The van der Waals surface area contributed by atoms with Gasteiger partial charge in [0.15, 0.2) is 5.69 Å². The third-order valence-corrected chi connectivity index (χ3v) is 7.21. The van der Waals surface area contributed by atoms with E-state index in [1.54, 1.807) is 20.1 Å². The van der Waals surface area contributed by atoms with Gasteiger partial charge in [-0.25, -0.2) is 9.48 Å². The lowest BCUT2D eigenvalue weighted by molar-refractivity contribution is -0.130. The third kappa shape index (κ3) is 5.86. The van der Waals surface area contributed by atoms with Crippen LogP contribution in [0.5, 0.6) is 5.75 Å². The summed E-state index contributed by atoms with van der Waals surface area (Å²) in [7, 11) is 1.63. The first-order valence-electron chi connectivity index (χ1n) is 13.6. The first-order chi connectivity index (χ1) is 19.5. The van der Waals surface area contributed by atoms with Crippen molar-refractivity contribution in [3.8, 4) is 22.7 Å². The molecule has 0 unspecified atom stereocenters. The Bertz CT molecular complexity index is 1470. The summed E-state index contributed by atoms with van der Waals surface area (Å²) in [6.45, 7) is 6.99. The lowest BCUT2D eigenvalue weighted by atomic mass is 10.1. The molecular weight excluding hydrogens is 504 g/mol. The van der Waals surface area contributed by atoms with E-state index >= 15 is 0 Å². The molecule has 1 saturated heterocycles. The normalized spacial score (nSPS) is 13.3. The standard InChI is InChI=1S/C32H34N4O4/c1-4-40-32(38)28-22-30(36(33-28)29-8-6-5-7-23(29)2)25-11-13-26(14-12-25)34-17-19-35(20-18-34)31(37)21-24-9-15-27(39-3)16-10-24/h5-16,22H,4,17-21H2,1-3H3. The first kappa shape index (κ1) is 27.0. The Hall–Kier alpha value is -4.59. The molecule has 0 saturated carbocycles. The Morgan fingerprint density at radius 1 is 0.900 bits per heavy atom. The van der Waals surface area contributed by atoms with Gasteiger partial charge in [-0.05, 0) is 61.4 Å². The molecule has 3 aromatic carbocycles. The van der Waals surface area contributed by atoms with E-state index in [9.17, 15) is 9.59 Å². The molecule has 0 aliphatic carbocycles. The number of carbonyl (C=O) groups is 2. The van der Waals surface area contributed by atoms with Crippen LogP contribution in [-0.2, 0) is 16.0 Å². The van der Waals surface area contributed by atoms with Crippen LogP contribution >= 0.6 is 0 Å². The lowest BCUT2D eigenvalue weighted by Gasteiger charge is -2.36. The highest BCUT2D eigenvalue weighted by molar-refractivity contribution is 5.89. The Kier molecular flexibility index (Phi) is 8.15. The number of anilines is 1. The molecule has 5 rings (SSSR count). The topological polar surface area (TPSA) is 76.9 Å². The van der Waals surface area contributed by atoms with Crippen LogP contribution in [0.15, 0.2) is 78.9 Å². The summed E-state index contributed by atoms with van der Waals surface area (Å²) in [5.74, 6) is 0.490. The van der Waals surface area contributed by atoms with Gasteiger partial charge < -0.3 is 19.3 Å². The number of amides is 1. The molecule has 4 aromatic rings. The van der Waals surface area contributed by atoms with Crippen LogP contribution in [0.1, 0.15) is 28.5 Å². The highest BCUT2D eigenvalue weighted by Crippen LogP contribution is 2.28. The highest BCUT2D eigenvalue weighted by Gasteiger charge is 2.22. The van der Waals surface area contributed by atoms with E-state index in [1.807, 2.05) is 65.0 Å². The van der Waals surface area contributed by atoms with Crippen LogP contribution in [0.3, 0.4) is 0 Å². The summed E-state index contributed by atoms with van der Waals surface area (Å²) in [5.41, 5.74) is 6.09. The van der Waals surface area contributed by atoms with Crippen molar-refractivity contribution in [2.75, 3.05) is 44.8 Å². The Morgan fingerprint density at radius 3 is 2.25 bits per heavy atom. The van der Waals surface area contributed by atoms with Crippen LogP contribution in [0.4, 0.5) is 5.69 Å². The van der Waals surface area contributed by atoms with Gasteiger partial charge in [-0.3, -0.25) is 4.79 Å². The van der Waals surface area contributed by atoms with E-state index in [1.165, 1.54) is 0 Å². The number of esters is 1. The zero-order valence-electron chi connectivity index (χ0n) is 23.2. The second-order valence-corrected chi connectivity index (χ2v) is 9.77. The number of piperazine rings is 1. The van der Waals surface area contributed by atoms with Crippen LogP contribution in [0.25, 0.3) is 16.9 Å². The van der Waals surface area contributed by atoms with Crippen molar-refractivity contribution in [3.63, 3.8) is 0 Å². The number of aryl methyl sites for hydroxylation is 1. The predicted molar refractivity (Wildman–Crippen MR) is 155 cm³/mol. The maximum atomic E-state index is 12.9. The van der Waals surface area contributed by atoms with Gasteiger partial charge in [0.1, 0.15) is 5.75 Å². The van der Waals surface area contributed by atoms with Gasteiger partial charge in [0.05, 0.1) is 31.5 Å². The maximum absolute atomic E-state index is 12.9. The number of aromatic nitrogens is 2. The average Bonchev–Trinajstić information content (AvgIpc) is 3.43. The quantitative estimate of drug-likeness (QED) is 0.296. The van der Waals surface area contributed by atoms with Crippen molar-refractivity contribution >= 4 is 17.6 Å². The van der Waals surface area contributed by atoms with Crippen molar-refractivity contribution in [1.29, 1.82) is 0 Å². The summed E-state index contributed by atoms with van der Waals surface area (Å²) in [6.07, 6.45) is 0.390. The number of ether oxygens (including phenoxy) is 2. The monoisotopic (exact) mass is 538 g/mol. The summed E-state index contributed by atoms with van der Waals surface area (Å²) in [6, 6.07) is 25.7. The smallest absolute Gasteiger partial charge is 0.358 e. The molecule has 0 radical (unpaired) electrons. The largest absolute Gasteiger partial charge is 0.497 e. The molecule has 1 aromatic heterocycles. The minimum atomic E-state index is -0.438. The minimum Gasteiger partial charge on any atom is -0.497 e.